The summed E-state index contributed by atoms with van der Waals surface area (Å²) in [6.45, 7) is 4.80. The van der Waals surface area contributed by atoms with Gasteiger partial charge in [-0.1, -0.05) is 0 Å². The number of pyridine rings is 1. The minimum atomic E-state index is -0.534. The van der Waals surface area contributed by atoms with Crippen molar-refractivity contribution in [2.75, 3.05) is 6.61 Å². The molecule has 1 aliphatic heterocycles. The second-order valence-electron chi connectivity index (χ2n) is 5.52. The fraction of sp³-hybridized carbons (Fsp3) is 0.571. The highest BCUT2D eigenvalue weighted by Crippen LogP contribution is 2.28. The second-order valence-corrected chi connectivity index (χ2v) is 6.77. The van der Waals surface area contributed by atoms with E-state index in [9.17, 15) is 0 Å². The summed E-state index contributed by atoms with van der Waals surface area (Å²) in [5.74, 6) is 0.804. The van der Waals surface area contributed by atoms with Gasteiger partial charge in [-0.3, -0.25) is 4.40 Å². The zero-order valence-electron chi connectivity index (χ0n) is 11.7. The van der Waals surface area contributed by atoms with Gasteiger partial charge in [-0.2, -0.15) is 0 Å². The predicted molar refractivity (Wildman–Crippen MR) is 83.4 cm³/mol. The molecule has 0 aromatic carbocycles. The van der Waals surface area contributed by atoms with Gasteiger partial charge in [0.15, 0.2) is 17.8 Å². The molecule has 0 saturated carbocycles. The van der Waals surface area contributed by atoms with Gasteiger partial charge < -0.3 is 9.47 Å². The number of hydrogen-bond acceptors (Lipinski definition) is 4. The Bertz CT molecular complexity index is 605. The van der Waals surface area contributed by atoms with Crippen LogP contribution in [0, 0.1) is 3.57 Å². The van der Waals surface area contributed by atoms with Crippen molar-refractivity contribution in [1.29, 1.82) is 0 Å². The number of hydrogen-bond donors (Lipinski definition) is 0. The van der Waals surface area contributed by atoms with E-state index < -0.39 is 5.60 Å². The van der Waals surface area contributed by atoms with E-state index in [0.717, 1.165) is 40.9 Å². The zero-order valence-corrected chi connectivity index (χ0v) is 13.8. The normalized spacial score (nSPS) is 20.4. The number of nitrogens with zero attached hydrogens (tertiary/aromatic N) is 3. The van der Waals surface area contributed by atoms with E-state index in [2.05, 4.69) is 32.8 Å². The summed E-state index contributed by atoms with van der Waals surface area (Å²) < 4.78 is 14.9. The van der Waals surface area contributed by atoms with Crippen LogP contribution in [0.1, 0.15) is 38.9 Å². The summed E-state index contributed by atoms with van der Waals surface area (Å²) in [5, 5.41) is 8.53. The number of ether oxygens (including phenoxy) is 2. The third kappa shape index (κ3) is 2.82. The van der Waals surface area contributed by atoms with Crippen LogP contribution < -0.4 is 0 Å². The molecule has 1 saturated heterocycles. The lowest BCUT2D eigenvalue weighted by Crippen LogP contribution is -2.33. The van der Waals surface area contributed by atoms with Gasteiger partial charge >= 0.3 is 0 Å². The van der Waals surface area contributed by atoms with Crippen LogP contribution in [0.3, 0.4) is 0 Å². The van der Waals surface area contributed by atoms with E-state index in [4.69, 9.17) is 9.47 Å². The molecule has 0 bridgehead atoms. The third-order valence-electron chi connectivity index (χ3n) is 3.47. The molecule has 2 aromatic rings. The van der Waals surface area contributed by atoms with Gasteiger partial charge in [0.2, 0.25) is 0 Å². The maximum Gasteiger partial charge on any atom is 0.169 e. The average Bonchev–Trinajstić information content (AvgIpc) is 2.83. The molecule has 0 radical (unpaired) electrons. The molecule has 0 aliphatic carbocycles. The highest BCUT2D eigenvalue weighted by Gasteiger charge is 2.32. The largest absolute Gasteiger partial charge is 0.353 e. The first kappa shape index (κ1) is 14.2. The molecule has 3 rings (SSSR count). The average molecular weight is 387 g/mol. The Balaban J connectivity index is 1.88. The first-order valence-electron chi connectivity index (χ1n) is 6.86. The van der Waals surface area contributed by atoms with Gasteiger partial charge in [0.05, 0.1) is 0 Å². The summed E-state index contributed by atoms with van der Waals surface area (Å²) in [5.41, 5.74) is 0.307. The molecule has 1 unspecified atom stereocenters. The summed E-state index contributed by atoms with van der Waals surface area (Å²) in [7, 11) is 0. The van der Waals surface area contributed by atoms with Gasteiger partial charge in [0.25, 0.3) is 0 Å². The van der Waals surface area contributed by atoms with Gasteiger partial charge in [-0.25, -0.2) is 0 Å². The van der Waals surface area contributed by atoms with Crippen molar-refractivity contribution in [2.45, 2.75) is 45.0 Å². The molecule has 108 valence electrons. The molecular formula is C14H18IN3O2. The Hall–Kier alpha value is -0.730. The van der Waals surface area contributed by atoms with E-state index >= 15 is 0 Å². The van der Waals surface area contributed by atoms with Crippen LogP contribution in [-0.4, -0.2) is 27.5 Å². The molecular weight excluding hydrogens is 369 g/mol. The molecule has 20 heavy (non-hydrogen) atoms. The van der Waals surface area contributed by atoms with Gasteiger partial charge in [0.1, 0.15) is 5.60 Å². The SMILES string of the molecule is CC(C)(OC1CCCCO1)c1nnc2cc(I)ccn12. The number of fused-ring (bicyclic) bond motifs is 1. The smallest absolute Gasteiger partial charge is 0.169 e. The highest BCUT2D eigenvalue weighted by molar-refractivity contribution is 14.1. The maximum absolute atomic E-state index is 6.11. The minimum absolute atomic E-state index is 0.144. The summed E-state index contributed by atoms with van der Waals surface area (Å²) in [6.07, 6.45) is 5.05. The van der Waals surface area contributed by atoms with Crippen LogP contribution in [-0.2, 0) is 15.1 Å². The minimum Gasteiger partial charge on any atom is -0.353 e. The molecule has 0 amide bonds. The van der Waals surface area contributed by atoms with E-state index in [0.29, 0.717) is 0 Å². The number of aromatic nitrogens is 3. The Kier molecular flexibility index (Phi) is 3.96. The zero-order chi connectivity index (χ0) is 14.2. The van der Waals surface area contributed by atoms with Crippen molar-refractivity contribution in [2.24, 2.45) is 0 Å². The molecule has 6 heteroatoms. The fourth-order valence-corrected chi connectivity index (χ4v) is 2.90. The van der Waals surface area contributed by atoms with E-state index in [-0.39, 0.29) is 6.29 Å². The first-order valence-corrected chi connectivity index (χ1v) is 7.94. The summed E-state index contributed by atoms with van der Waals surface area (Å²) >= 11 is 2.27. The van der Waals surface area contributed by atoms with Crippen LogP contribution in [0.25, 0.3) is 5.65 Å². The summed E-state index contributed by atoms with van der Waals surface area (Å²) in [6, 6.07) is 4.04. The molecule has 5 nitrogen and oxygen atoms in total. The van der Waals surface area contributed by atoms with Gasteiger partial charge in [0, 0.05) is 16.4 Å². The Morgan fingerprint density at radius 3 is 3.00 bits per heavy atom. The van der Waals surface area contributed by atoms with E-state index in [1.54, 1.807) is 0 Å². The van der Waals surface area contributed by atoms with Gasteiger partial charge in [-0.15, -0.1) is 10.2 Å². The lowest BCUT2D eigenvalue weighted by molar-refractivity contribution is -0.221. The molecule has 3 heterocycles. The van der Waals surface area contributed by atoms with Crippen LogP contribution in [0.2, 0.25) is 0 Å². The predicted octanol–water partition coefficient (Wildman–Crippen LogP) is 3.11. The number of halogens is 1. The molecule has 1 aliphatic rings. The number of rotatable bonds is 3. The third-order valence-corrected chi connectivity index (χ3v) is 4.15. The molecule has 0 spiro atoms. The second kappa shape index (κ2) is 5.57. The van der Waals surface area contributed by atoms with Crippen LogP contribution in [0.15, 0.2) is 18.3 Å². The topological polar surface area (TPSA) is 48.7 Å². The van der Waals surface area contributed by atoms with Crippen molar-refractivity contribution < 1.29 is 9.47 Å². The van der Waals surface area contributed by atoms with Crippen LogP contribution >= 0.6 is 22.6 Å². The maximum atomic E-state index is 6.11. The van der Waals surface area contributed by atoms with Crippen molar-refractivity contribution in [3.05, 3.63) is 27.7 Å². The van der Waals surface area contributed by atoms with Crippen LogP contribution in [0.4, 0.5) is 0 Å². The quantitative estimate of drug-likeness (QED) is 0.760. The van der Waals surface area contributed by atoms with Crippen molar-refractivity contribution in [1.82, 2.24) is 14.6 Å². The molecule has 1 fully saturated rings. The molecule has 1 atom stereocenters. The van der Waals surface area contributed by atoms with Crippen LogP contribution in [0.5, 0.6) is 0 Å². The Morgan fingerprint density at radius 2 is 2.25 bits per heavy atom. The first-order chi connectivity index (χ1) is 9.56. The monoisotopic (exact) mass is 387 g/mol. The molecule has 2 aromatic heterocycles. The van der Waals surface area contributed by atoms with Gasteiger partial charge in [-0.05, 0) is 67.8 Å². The van der Waals surface area contributed by atoms with E-state index in [1.807, 2.05) is 36.6 Å². The fourth-order valence-electron chi connectivity index (χ4n) is 2.46. The lowest BCUT2D eigenvalue weighted by Gasteiger charge is -2.31. The standard InChI is InChI=1S/C14H18IN3O2/c1-14(2,20-12-5-3-4-8-19-12)13-17-16-11-9-10(15)6-7-18(11)13/h6-7,9,12H,3-5,8H2,1-2H3. The molecule has 0 N–H and O–H groups in total. The van der Waals surface area contributed by atoms with E-state index in [1.165, 1.54) is 0 Å². The van der Waals surface area contributed by atoms with Crippen molar-refractivity contribution >= 4 is 28.2 Å². The Labute approximate surface area is 131 Å². The summed E-state index contributed by atoms with van der Waals surface area (Å²) in [4.78, 5) is 0. The highest BCUT2D eigenvalue weighted by atomic mass is 127. The van der Waals surface area contributed by atoms with Crippen molar-refractivity contribution in [3.8, 4) is 0 Å². The van der Waals surface area contributed by atoms with Crippen molar-refractivity contribution in [3.63, 3.8) is 0 Å². The lowest BCUT2D eigenvalue weighted by atomic mass is 10.1. The Morgan fingerprint density at radius 1 is 1.40 bits per heavy atom.